The number of aryl methyl sites for hydroxylation is 1. The smallest absolute Gasteiger partial charge is 0.161 e. The van der Waals surface area contributed by atoms with Gasteiger partial charge in [0.1, 0.15) is 6.29 Å². The van der Waals surface area contributed by atoms with Crippen molar-refractivity contribution in [3.63, 3.8) is 0 Å². The van der Waals surface area contributed by atoms with Crippen molar-refractivity contribution >= 4 is 6.29 Å². The average molecular weight is 550 g/mol. The first-order valence-corrected chi connectivity index (χ1v) is 14.3. The molecule has 2 rings (SSSR count). The van der Waals surface area contributed by atoms with E-state index in [1.807, 2.05) is 33.8 Å². The summed E-state index contributed by atoms with van der Waals surface area (Å²) in [6.07, 6.45) is 6.89. The Morgan fingerprint density at radius 1 is 0.667 bits per heavy atom. The summed E-state index contributed by atoms with van der Waals surface area (Å²) in [4.78, 5) is 10.4. The molecule has 0 saturated carbocycles. The minimum Gasteiger partial charge on any atom is -0.493 e. The summed E-state index contributed by atoms with van der Waals surface area (Å²) in [5.74, 6) is 4.41. The van der Waals surface area contributed by atoms with Gasteiger partial charge in [0.05, 0.1) is 28.4 Å². The molecule has 0 unspecified atom stereocenters. The minimum absolute atomic E-state index is 0.571. The van der Waals surface area contributed by atoms with Gasteiger partial charge < -0.3 is 24.7 Å². The summed E-state index contributed by atoms with van der Waals surface area (Å²) in [5.41, 5.74) is 7.13. The molecular weight excluding hydrogens is 490 g/mol. The number of carbonyl (C=O) groups excluding carboxylic acids is 1. The van der Waals surface area contributed by atoms with E-state index in [1.54, 1.807) is 39.5 Å². The van der Waals surface area contributed by atoms with Gasteiger partial charge in [-0.2, -0.15) is 0 Å². The van der Waals surface area contributed by atoms with Crippen LogP contribution < -0.4 is 24.7 Å². The van der Waals surface area contributed by atoms with Crippen LogP contribution in [0.15, 0.2) is 36.4 Å². The molecule has 0 aliphatic carbocycles. The normalized spacial score (nSPS) is 9.31. The predicted octanol–water partition coefficient (Wildman–Crippen LogP) is 8.63. The second-order valence-corrected chi connectivity index (χ2v) is 9.03. The van der Waals surface area contributed by atoms with E-state index in [9.17, 15) is 4.79 Å². The molecule has 0 amide bonds. The molecule has 39 heavy (non-hydrogen) atoms. The fraction of sp³-hybridized carbons (Fsp3) is 0.606. The van der Waals surface area contributed by atoms with Gasteiger partial charge in [0, 0.05) is 5.56 Å². The molecule has 6 nitrogen and oxygen atoms in total. The Bertz CT molecular complexity index is 822. The first kappa shape index (κ1) is 40.8. The monoisotopic (exact) mass is 549 g/mol. The highest BCUT2D eigenvalue weighted by atomic mass is 16.5. The van der Waals surface area contributed by atoms with Crippen LogP contribution in [0.1, 0.15) is 97.0 Å². The number of benzene rings is 2. The van der Waals surface area contributed by atoms with Crippen molar-refractivity contribution in [1.82, 2.24) is 0 Å². The van der Waals surface area contributed by atoms with E-state index < -0.39 is 0 Å². The fourth-order valence-corrected chi connectivity index (χ4v) is 3.18. The number of hydrogen-bond acceptors (Lipinski definition) is 6. The van der Waals surface area contributed by atoms with E-state index in [4.69, 9.17) is 24.7 Å². The molecule has 0 atom stereocenters. The second-order valence-electron chi connectivity index (χ2n) is 9.03. The van der Waals surface area contributed by atoms with Gasteiger partial charge in [-0.15, -0.1) is 0 Å². The van der Waals surface area contributed by atoms with Gasteiger partial charge in [0.25, 0.3) is 0 Å². The van der Waals surface area contributed by atoms with Crippen LogP contribution in [0.5, 0.6) is 23.0 Å². The Hall–Kier alpha value is -2.73. The number of methoxy groups -OCH3 is 4. The molecule has 2 aromatic carbocycles. The first-order valence-electron chi connectivity index (χ1n) is 14.3. The van der Waals surface area contributed by atoms with Crippen LogP contribution >= 0.6 is 0 Å². The van der Waals surface area contributed by atoms with Crippen LogP contribution in [-0.2, 0) is 6.42 Å². The van der Waals surface area contributed by atoms with Crippen molar-refractivity contribution in [3.05, 3.63) is 47.5 Å². The van der Waals surface area contributed by atoms with E-state index in [-0.39, 0.29) is 0 Å². The molecular formula is C33H59NO5. The van der Waals surface area contributed by atoms with Crippen molar-refractivity contribution < 1.29 is 23.7 Å². The van der Waals surface area contributed by atoms with E-state index in [0.29, 0.717) is 17.1 Å². The lowest BCUT2D eigenvalue weighted by atomic mass is 10.0. The molecule has 2 aromatic rings. The molecule has 0 bridgehead atoms. The van der Waals surface area contributed by atoms with E-state index in [1.165, 1.54) is 31.9 Å². The minimum atomic E-state index is 0.571. The lowest BCUT2D eigenvalue weighted by Gasteiger charge is -2.09. The third-order valence-corrected chi connectivity index (χ3v) is 5.23. The van der Waals surface area contributed by atoms with Gasteiger partial charge in [0.15, 0.2) is 23.0 Å². The van der Waals surface area contributed by atoms with Gasteiger partial charge in [-0.3, -0.25) is 4.79 Å². The lowest BCUT2D eigenvalue weighted by molar-refractivity contribution is 0.112. The number of aldehydes is 1. The van der Waals surface area contributed by atoms with Crippen LogP contribution in [0.25, 0.3) is 0 Å². The molecule has 0 aliphatic rings. The Labute approximate surface area is 240 Å². The fourth-order valence-electron chi connectivity index (χ4n) is 3.18. The number of nitrogens with two attached hydrogens (primary N) is 1. The number of carbonyl (C=O) groups is 1. The number of ether oxygens (including phenoxy) is 4. The van der Waals surface area contributed by atoms with Crippen LogP contribution in [-0.4, -0.2) is 41.3 Å². The maximum Gasteiger partial charge on any atom is 0.161 e. The second kappa shape index (κ2) is 28.3. The van der Waals surface area contributed by atoms with Crippen LogP contribution in [0.4, 0.5) is 0 Å². The van der Waals surface area contributed by atoms with Gasteiger partial charge in [-0.05, 0) is 73.5 Å². The lowest BCUT2D eigenvalue weighted by Crippen LogP contribution is -2.01. The summed E-state index contributed by atoms with van der Waals surface area (Å²) in [5, 5.41) is 0. The molecule has 0 spiro atoms. The molecule has 2 N–H and O–H groups in total. The SMILES string of the molecule is CC.CC.CC(C)CCN.COc1ccc(C=O)cc1OC.COc1ccc(CCCCC(C)C)cc1OC. The van der Waals surface area contributed by atoms with Gasteiger partial charge in [0.2, 0.25) is 0 Å². The molecule has 0 aromatic heterocycles. The summed E-state index contributed by atoms with van der Waals surface area (Å²) < 4.78 is 20.5. The van der Waals surface area contributed by atoms with Crippen molar-refractivity contribution in [3.8, 4) is 23.0 Å². The summed E-state index contributed by atoms with van der Waals surface area (Å²) >= 11 is 0. The average Bonchev–Trinajstić information content (AvgIpc) is 2.97. The van der Waals surface area contributed by atoms with Crippen LogP contribution in [0, 0.1) is 11.8 Å². The maximum absolute atomic E-state index is 10.4. The van der Waals surface area contributed by atoms with Crippen LogP contribution in [0.3, 0.4) is 0 Å². The highest BCUT2D eigenvalue weighted by Crippen LogP contribution is 2.28. The summed E-state index contributed by atoms with van der Waals surface area (Å²) in [6, 6.07) is 11.2. The third kappa shape index (κ3) is 20.9. The Kier molecular flexibility index (Phi) is 29.6. The number of unbranched alkanes of at least 4 members (excludes halogenated alkanes) is 1. The molecule has 0 radical (unpaired) electrons. The van der Waals surface area contributed by atoms with Crippen molar-refractivity contribution in [2.24, 2.45) is 17.6 Å². The Morgan fingerprint density at radius 3 is 1.51 bits per heavy atom. The Balaban J connectivity index is -0.000000512. The summed E-state index contributed by atoms with van der Waals surface area (Å²) in [6.45, 7) is 17.7. The predicted molar refractivity (Wildman–Crippen MR) is 168 cm³/mol. The summed E-state index contributed by atoms with van der Waals surface area (Å²) in [7, 11) is 6.44. The molecule has 0 fully saturated rings. The highest BCUT2D eigenvalue weighted by Gasteiger charge is 2.05. The number of rotatable bonds is 12. The molecule has 0 saturated heterocycles. The molecule has 0 aliphatic heterocycles. The topological polar surface area (TPSA) is 80.0 Å². The highest BCUT2D eigenvalue weighted by molar-refractivity contribution is 5.76. The molecule has 226 valence electrons. The standard InChI is InChI=1S/C15H24O2.C9H10O3.C5H13N.2C2H6/c1-12(2)7-5-6-8-13-9-10-14(16-3)15(11-13)17-4;1-11-8-4-3-7(6-10)5-9(8)12-2;1-5(2)3-4-6;2*1-2/h9-12H,5-8H2,1-4H3;3-6H,1-2H3;5H,3-4,6H2,1-2H3;2*1-2H3. The zero-order valence-electron chi connectivity index (χ0n) is 27.1. The zero-order valence-corrected chi connectivity index (χ0v) is 27.1. The van der Waals surface area contributed by atoms with E-state index in [0.717, 1.165) is 49.0 Å². The quantitative estimate of drug-likeness (QED) is 0.211. The van der Waals surface area contributed by atoms with Gasteiger partial charge in [-0.25, -0.2) is 0 Å². The first-order chi connectivity index (χ1) is 18.8. The number of hydrogen-bond donors (Lipinski definition) is 1. The van der Waals surface area contributed by atoms with E-state index in [2.05, 4.69) is 39.8 Å². The zero-order chi connectivity index (χ0) is 30.6. The van der Waals surface area contributed by atoms with Gasteiger partial charge in [-0.1, -0.05) is 74.3 Å². The molecule has 0 heterocycles. The van der Waals surface area contributed by atoms with Crippen LogP contribution in [0.2, 0.25) is 0 Å². The Morgan fingerprint density at radius 2 is 1.13 bits per heavy atom. The van der Waals surface area contributed by atoms with Crippen molar-refractivity contribution in [1.29, 1.82) is 0 Å². The van der Waals surface area contributed by atoms with Crippen molar-refractivity contribution in [2.45, 2.75) is 87.5 Å². The maximum atomic E-state index is 10.4. The van der Waals surface area contributed by atoms with E-state index >= 15 is 0 Å². The third-order valence-electron chi connectivity index (χ3n) is 5.23. The molecule has 6 heteroatoms. The van der Waals surface area contributed by atoms with Gasteiger partial charge >= 0.3 is 0 Å². The largest absolute Gasteiger partial charge is 0.493 e. The van der Waals surface area contributed by atoms with Crippen molar-refractivity contribution in [2.75, 3.05) is 35.0 Å².